The summed E-state index contributed by atoms with van der Waals surface area (Å²) in [6.45, 7) is 7.23. The summed E-state index contributed by atoms with van der Waals surface area (Å²) in [5, 5.41) is 11.0. The molecule has 4 rings (SSSR count). The van der Waals surface area contributed by atoms with Crippen molar-refractivity contribution in [2.45, 2.75) is 51.9 Å². The number of nitrogens with zero attached hydrogens (tertiary/aromatic N) is 2. The molecule has 2 N–H and O–H groups in total. The van der Waals surface area contributed by atoms with E-state index < -0.39 is 29.5 Å². The van der Waals surface area contributed by atoms with E-state index in [1.807, 2.05) is 31.2 Å². The molecule has 2 aromatic carbocycles. The molecule has 10 heteroatoms. The van der Waals surface area contributed by atoms with Gasteiger partial charge in [0.15, 0.2) is 0 Å². The van der Waals surface area contributed by atoms with Crippen molar-refractivity contribution in [2.24, 2.45) is 0 Å². The van der Waals surface area contributed by atoms with E-state index in [4.69, 9.17) is 9.47 Å². The second-order valence-electron chi connectivity index (χ2n) is 10.0. The van der Waals surface area contributed by atoms with Crippen LogP contribution in [-0.2, 0) is 17.3 Å². The molecule has 0 saturated heterocycles. The Kier molecular flexibility index (Phi) is 7.61. The fourth-order valence-electron chi connectivity index (χ4n) is 3.91. The molecule has 0 radical (unpaired) electrons. The lowest BCUT2D eigenvalue weighted by molar-refractivity contribution is -0.137. The Morgan fingerprint density at radius 3 is 2.45 bits per heavy atom. The molecule has 0 spiro atoms. The van der Waals surface area contributed by atoms with Gasteiger partial charge in [0, 0.05) is 22.8 Å². The number of fused-ring (bicyclic) bond motifs is 1. The molecule has 4 aromatic rings. The molecule has 0 aliphatic carbocycles. The van der Waals surface area contributed by atoms with E-state index in [-0.39, 0.29) is 13.0 Å². The number of alkyl halides is 3. The largest absolute Gasteiger partial charge is 0.490 e. The van der Waals surface area contributed by atoms with Crippen LogP contribution in [0.2, 0.25) is 0 Å². The van der Waals surface area contributed by atoms with Crippen molar-refractivity contribution in [3.8, 4) is 16.9 Å². The number of pyridine rings is 1. The Morgan fingerprint density at radius 2 is 1.76 bits per heavy atom. The minimum absolute atomic E-state index is 0.0469. The minimum atomic E-state index is -4.42. The van der Waals surface area contributed by atoms with Crippen molar-refractivity contribution in [3.05, 3.63) is 77.7 Å². The number of carbonyl (C=O) groups excluding carboxylic acids is 1. The molecule has 0 aliphatic heterocycles. The maximum absolute atomic E-state index is 13.0. The quantitative estimate of drug-likeness (QED) is 0.288. The number of halogens is 3. The second-order valence-corrected chi connectivity index (χ2v) is 10.0. The van der Waals surface area contributed by atoms with Gasteiger partial charge in [0.1, 0.15) is 18.0 Å². The number of aryl methyl sites for hydroxylation is 1. The van der Waals surface area contributed by atoms with Gasteiger partial charge in [-0.15, -0.1) is 0 Å². The third-order valence-corrected chi connectivity index (χ3v) is 5.73. The zero-order chi connectivity index (χ0) is 27.5. The molecule has 2 aromatic heterocycles. The van der Waals surface area contributed by atoms with Gasteiger partial charge in [-0.2, -0.15) is 18.3 Å². The molecular weight excluding hydrogens is 497 g/mol. The number of carbonyl (C=O) groups is 1. The van der Waals surface area contributed by atoms with Gasteiger partial charge < -0.3 is 14.8 Å². The number of rotatable bonds is 7. The van der Waals surface area contributed by atoms with Gasteiger partial charge in [0.25, 0.3) is 0 Å². The fourth-order valence-corrected chi connectivity index (χ4v) is 3.91. The van der Waals surface area contributed by atoms with Crippen molar-refractivity contribution in [1.82, 2.24) is 20.5 Å². The zero-order valence-corrected chi connectivity index (χ0v) is 21.5. The highest BCUT2D eigenvalue weighted by Crippen LogP contribution is 2.30. The van der Waals surface area contributed by atoms with Crippen molar-refractivity contribution >= 4 is 17.0 Å². The van der Waals surface area contributed by atoms with Crippen molar-refractivity contribution in [2.75, 3.05) is 6.61 Å². The lowest BCUT2D eigenvalue weighted by atomic mass is 10.0. The van der Waals surface area contributed by atoms with Gasteiger partial charge >= 0.3 is 12.3 Å². The van der Waals surface area contributed by atoms with Crippen molar-refractivity contribution in [1.29, 1.82) is 0 Å². The lowest BCUT2D eigenvalue weighted by Crippen LogP contribution is -2.43. The van der Waals surface area contributed by atoms with E-state index in [9.17, 15) is 18.0 Å². The number of amides is 1. The monoisotopic (exact) mass is 526 g/mol. The van der Waals surface area contributed by atoms with Crippen LogP contribution in [0.25, 0.3) is 22.0 Å². The Bertz CT molecular complexity index is 1410. The Labute approximate surface area is 218 Å². The molecule has 0 bridgehead atoms. The molecule has 7 nitrogen and oxygen atoms in total. The number of aromatic nitrogens is 3. The third-order valence-electron chi connectivity index (χ3n) is 5.73. The first-order valence-corrected chi connectivity index (χ1v) is 12.1. The molecule has 0 fully saturated rings. The standard InChI is InChI=1S/C28H29F3N4O3/c1-17-24-13-19(7-10-25(24)35-34-17)20-12-23(15-32-14-20)37-16-22(33-26(36)38-27(2,3)4)11-18-5-8-21(9-6-18)28(29,30)31/h5-10,12-15,22H,11,16H2,1-4H3,(H,33,36)(H,34,35)/t22-/m0/s1. The summed E-state index contributed by atoms with van der Waals surface area (Å²) in [4.78, 5) is 16.7. The van der Waals surface area contributed by atoms with Crippen molar-refractivity contribution < 1.29 is 27.4 Å². The number of benzene rings is 2. The molecule has 1 atom stereocenters. The molecule has 0 unspecified atom stereocenters. The van der Waals surface area contributed by atoms with Crippen LogP contribution in [0.1, 0.15) is 37.6 Å². The van der Waals surface area contributed by atoms with E-state index >= 15 is 0 Å². The molecule has 0 saturated carbocycles. The van der Waals surface area contributed by atoms with Crippen LogP contribution in [0.15, 0.2) is 60.9 Å². The predicted octanol–water partition coefficient (Wildman–Crippen LogP) is 6.47. The highest BCUT2D eigenvalue weighted by atomic mass is 19.4. The zero-order valence-electron chi connectivity index (χ0n) is 21.5. The summed E-state index contributed by atoms with van der Waals surface area (Å²) in [7, 11) is 0. The first-order chi connectivity index (χ1) is 17.9. The maximum atomic E-state index is 13.0. The molecule has 200 valence electrons. The number of alkyl carbamates (subject to hydrolysis) is 1. The van der Waals surface area contributed by atoms with Crippen LogP contribution in [0.3, 0.4) is 0 Å². The summed E-state index contributed by atoms with van der Waals surface area (Å²) >= 11 is 0. The van der Waals surface area contributed by atoms with Crippen LogP contribution in [0, 0.1) is 6.92 Å². The summed E-state index contributed by atoms with van der Waals surface area (Å²) in [5.41, 5.74) is 2.76. The second kappa shape index (κ2) is 10.7. The average Bonchev–Trinajstić information content (AvgIpc) is 3.21. The smallest absolute Gasteiger partial charge is 0.416 e. The number of nitrogens with one attached hydrogen (secondary N) is 2. The Morgan fingerprint density at radius 1 is 1.03 bits per heavy atom. The predicted molar refractivity (Wildman–Crippen MR) is 138 cm³/mol. The van der Waals surface area contributed by atoms with Crippen LogP contribution in [0.4, 0.5) is 18.0 Å². The average molecular weight is 527 g/mol. The molecule has 1 amide bonds. The maximum Gasteiger partial charge on any atom is 0.416 e. The third kappa shape index (κ3) is 7.02. The summed E-state index contributed by atoms with van der Waals surface area (Å²) < 4.78 is 50.2. The lowest BCUT2D eigenvalue weighted by Gasteiger charge is -2.24. The van der Waals surface area contributed by atoms with E-state index in [0.29, 0.717) is 11.3 Å². The molecule has 2 heterocycles. The summed E-state index contributed by atoms with van der Waals surface area (Å²) in [6, 6.07) is 12.0. The normalized spacial score (nSPS) is 12.8. The minimum Gasteiger partial charge on any atom is -0.490 e. The fraction of sp³-hybridized carbons (Fsp3) is 0.321. The van der Waals surface area contributed by atoms with E-state index in [1.54, 1.807) is 33.2 Å². The highest BCUT2D eigenvalue weighted by molar-refractivity contribution is 5.86. The number of aromatic amines is 1. The van der Waals surface area contributed by atoms with Gasteiger partial charge in [-0.3, -0.25) is 10.1 Å². The van der Waals surface area contributed by atoms with Gasteiger partial charge in [0.2, 0.25) is 0 Å². The number of hydrogen-bond acceptors (Lipinski definition) is 5. The first kappa shape index (κ1) is 27.0. The molecule has 0 aliphatic rings. The van der Waals surface area contributed by atoms with Gasteiger partial charge in [-0.25, -0.2) is 4.79 Å². The highest BCUT2D eigenvalue weighted by Gasteiger charge is 2.30. The summed E-state index contributed by atoms with van der Waals surface area (Å²) in [6.07, 6.45) is -1.54. The van der Waals surface area contributed by atoms with E-state index in [0.717, 1.165) is 39.9 Å². The van der Waals surface area contributed by atoms with Crippen molar-refractivity contribution in [3.63, 3.8) is 0 Å². The van der Waals surface area contributed by atoms with Crippen LogP contribution in [-0.4, -0.2) is 39.5 Å². The number of ether oxygens (including phenoxy) is 2. The Balaban J connectivity index is 1.50. The number of hydrogen-bond donors (Lipinski definition) is 2. The van der Waals surface area contributed by atoms with Gasteiger partial charge in [0.05, 0.1) is 23.3 Å². The van der Waals surface area contributed by atoms with Gasteiger partial charge in [-0.1, -0.05) is 18.2 Å². The Hall–Kier alpha value is -4.08. The first-order valence-electron chi connectivity index (χ1n) is 12.1. The van der Waals surface area contributed by atoms with Crippen LogP contribution in [0.5, 0.6) is 5.75 Å². The van der Waals surface area contributed by atoms with E-state index in [2.05, 4.69) is 20.5 Å². The number of H-pyrrole nitrogens is 1. The topological polar surface area (TPSA) is 89.1 Å². The van der Waals surface area contributed by atoms with Crippen LogP contribution < -0.4 is 10.1 Å². The van der Waals surface area contributed by atoms with E-state index in [1.165, 1.54) is 12.1 Å². The molecular formula is C28H29F3N4O3. The molecule has 38 heavy (non-hydrogen) atoms. The van der Waals surface area contributed by atoms with Gasteiger partial charge in [-0.05, 0) is 75.6 Å². The SMILES string of the molecule is Cc1[nH]nc2ccc(-c3cncc(OC[C@H](Cc4ccc(C(F)(F)F)cc4)NC(=O)OC(C)(C)C)c3)cc12. The summed E-state index contributed by atoms with van der Waals surface area (Å²) in [5.74, 6) is 0.481. The van der Waals surface area contributed by atoms with Crippen LogP contribution >= 0.6 is 0 Å².